The zero-order valence-electron chi connectivity index (χ0n) is 14.1. The van der Waals surface area contributed by atoms with Crippen molar-refractivity contribution in [3.05, 3.63) is 69.4 Å². The molecule has 3 aromatic heterocycles. The molecular formula is C20H17BrN4S. The van der Waals surface area contributed by atoms with Crippen molar-refractivity contribution < 1.29 is 0 Å². The van der Waals surface area contributed by atoms with Crippen LogP contribution in [0.5, 0.6) is 0 Å². The summed E-state index contributed by atoms with van der Waals surface area (Å²) in [5.74, 6) is 0.856. The van der Waals surface area contributed by atoms with E-state index in [4.69, 9.17) is 4.98 Å². The Labute approximate surface area is 164 Å². The van der Waals surface area contributed by atoms with Gasteiger partial charge in [-0.05, 0) is 29.1 Å². The van der Waals surface area contributed by atoms with E-state index in [1.54, 1.807) is 11.3 Å². The Morgan fingerprint density at radius 3 is 3.12 bits per heavy atom. The van der Waals surface area contributed by atoms with E-state index in [0.717, 1.165) is 41.2 Å². The standard InChI is InChI=1S/C20H17BrN4S/c21-15-3-4-16-13(9-22-18(16)8-15)11-25-6-5-17-14(12-25)10-23-20(24-17)19-2-1-7-26-19/h1-4,7-10,22H,5-6,11-12H2. The fraction of sp³-hybridized carbons (Fsp3) is 0.200. The molecule has 0 unspecified atom stereocenters. The Morgan fingerprint density at radius 2 is 2.23 bits per heavy atom. The van der Waals surface area contributed by atoms with Crippen LogP contribution in [0.4, 0.5) is 0 Å². The summed E-state index contributed by atoms with van der Waals surface area (Å²) >= 11 is 5.22. The van der Waals surface area contributed by atoms with Gasteiger partial charge in [0, 0.05) is 59.4 Å². The number of fused-ring (bicyclic) bond motifs is 2. The van der Waals surface area contributed by atoms with Crippen LogP contribution in [0.25, 0.3) is 21.6 Å². The Morgan fingerprint density at radius 1 is 1.27 bits per heavy atom. The molecule has 26 heavy (non-hydrogen) atoms. The second-order valence-electron chi connectivity index (χ2n) is 6.61. The average Bonchev–Trinajstić information content (AvgIpc) is 3.31. The van der Waals surface area contributed by atoms with Crippen molar-refractivity contribution in [2.45, 2.75) is 19.5 Å². The van der Waals surface area contributed by atoms with Crippen molar-refractivity contribution in [3.63, 3.8) is 0 Å². The van der Waals surface area contributed by atoms with Crippen LogP contribution in [0, 0.1) is 0 Å². The predicted molar refractivity (Wildman–Crippen MR) is 109 cm³/mol. The molecule has 0 spiro atoms. The molecule has 0 fully saturated rings. The largest absolute Gasteiger partial charge is 0.361 e. The number of H-pyrrole nitrogens is 1. The summed E-state index contributed by atoms with van der Waals surface area (Å²) in [6.07, 6.45) is 5.11. The van der Waals surface area contributed by atoms with Crippen LogP contribution < -0.4 is 0 Å². The van der Waals surface area contributed by atoms with Crippen molar-refractivity contribution >= 4 is 38.2 Å². The monoisotopic (exact) mass is 424 g/mol. The molecule has 1 aromatic carbocycles. The van der Waals surface area contributed by atoms with Crippen molar-refractivity contribution in [1.82, 2.24) is 19.9 Å². The van der Waals surface area contributed by atoms with Gasteiger partial charge >= 0.3 is 0 Å². The summed E-state index contributed by atoms with van der Waals surface area (Å²) in [5, 5.41) is 3.36. The molecule has 1 N–H and O–H groups in total. The lowest BCUT2D eigenvalue weighted by Gasteiger charge is -2.27. The summed E-state index contributed by atoms with van der Waals surface area (Å²) in [5.41, 5.74) is 4.96. The number of aromatic amines is 1. The zero-order valence-corrected chi connectivity index (χ0v) is 16.5. The summed E-state index contributed by atoms with van der Waals surface area (Å²) in [6, 6.07) is 10.5. The van der Waals surface area contributed by atoms with Gasteiger partial charge in [0.1, 0.15) is 0 Å². The SMILES string of the molecule is Brc1ccc2c(CN3CCc4nc(-c5cccs5)ncc4C3)c[nH]c2c1. The zero-order chi connectivity index (χ0) is 17.5. The van der Waals surface area contributed by atoms with Crippen molar-refractivity contribution in [1.29, 1.82) is 0 Å². The molecule has 5 rings (SSSR count). The number of rotatable bonds is 3. The van der Waals surface area contributed by atoms with E-state index in [9.17, 15) is 0 Å². The quantitative estimate of drug-likeness (QED) is 0.502. The van der Waals surface area contributed by atoms with Crippen LogP contribution in [-0.2, 0) is 19.5 Å². The molecule has 0 saturated carbocycles. The highest BCUT2D eigenvalue weighted by Crippen LogP contribution is 2.27. The maximum Gasteiger partial charge on any atom is 0.169 e. The number of benzene rings is 1. The minimum Gasteiger partial charge on any atom is -0.361 e. The van der Waals surface area contributed by atoms with Gasteiger partial charge in [0.15, 0.2) is 5.82 Å². The first kappa shape index (κ1) is 16.2. The van der Waals surface area contributed by atoms with E-state index >= 15 is 0 Å². The molecule has 1 aliphatic rings. The topological polar surface area (TPSA) is 44.8 Å². The van der Waals surface area contributed by atoms with Gasteiger partial charge < -0.3 is 4.98 Å². The average molecular weight is 425 g/mol. The molecule has 0 aliphatic carbocycles. The van der Waals surface area contributed by atoms with Crippen molar-refractivity contribution in [2.24, 2.45) is 0 Å². The maximum absolute atomic E-state index is 4.81. The lowest BCUT2D eigenvalue weighted by Crippen LogP contribution is -2.30. The number of aromatic nitrogens is 3. The molecule has 0 saturated heterocycles. The molecule has 6 heteroatoms. The summed E-state index contributed by atoms with van der Waals surface area (Å²) in [7, 11) is 0. The number of hydrogen-bond donors (Lipinski definition) is 1. The van der Waals surface area contributed by atoms with E-state index < -0.39 is 0 Å². The number of nitrogens with one attached hydrogen (secondary N) is 1. The minimum absolute atomic E-state index is 0.856. The van der Waals surface area contributed by atoms with E-state index in [1.807, 2.05) is 12.3 Å². The maximum atomic E-state index is 4.81. The smallest absolute Gasteiger partial charge is 0.169 e. The van der Waals surface area contributed by atoms with E-state index in [-0.39, 0.29) is 0 Å². The first-order valence-electron chi connectivity index (χ1n) is 8.63. The fourth-order valence-corrected chi connectivity index (χ4v) is 4.59. The summed E-state index contributed by atoms with van der Waals surface area (Å²) in [6.45, 7) is 2.87. The molecule has 0 atom stereocenters. The Bertz CT molecular complexity index is 1070. The van der Waals surface area contributed by atoms with Crippen LogP contribution in [0.1, 0.15) is 16.8 Å². The van der Waals surface area contributed by atoms with Gasteiger partial charge in [-0.15, -0.1) is 11.3 Å². The van der Waals surface area contributed by atoms with Crippen molar-refractivity contribution in [3.8, 4) is 10.7 Å². The Hall–Kier alpha value is -2.02. The first-order chi connectivity index (χ1) is 12.8. The van der Waals surface area contributed by atoms with Crippen LogP contribution in [0.2, 0.25) is 0 Å². The summed E-state index contributed by atoms with van der Waals surface area (Å²) in [4.78, 5) is 16.4. The normalized spacial score (nSPS) is 14.7. The lowest BCUT2D eigenvalue weighted by molar-refractivity contribution is 0.244. The molecule has 130 valence electrons. The van der Waals surface area contributed by atoms with Crippen LogP contribution >= 0.6 is 27.3 Å². The van der Waals surface area contributed by atoms with E-state index in [2.05, 4.69) is 66.6 Å². The molecule has 1 aliphatic heterocycles. The molecule has 0 radical (unpaired) electrons. The molecule has 4 nitrogen and oxygen atoms in total. The van der Waals surface area contributed by atoms with Gasteiger partial charge in [-0.2, -0.15) is 0 Å². The first-order valence-corrected chi connectivity index (χ1v) is 10.3. The van der Waals surface area contributed by atoms with Gasteiger partial charge in [0.25, 0.3) is 0 Å². The number of hydrogen-bond acceptors (Lipinski definition) is 4. The van der Waals surface area contributed by atoms with Gasteiger partial charge in [-0.25, -0.2) is 9.97 Å². The third-order valence-corrected chi connectivity index (χ3v) is 6.24. The molecule has 0 amide bonds. The highest BCUT2D eigenvalue weighted by molar-refractivity contribution is 9.10. The second-order valence-corrected chi connectivity index (χ2v) is 8.47. The second kappa shape index (κ2) is 6.61. The lowest BCUT2D eigenvalue weighted by atomic mass is 10.1. The summed E-state index contributed by atoms with van der Waals surface area (Å²) < 4.78 is 1.10. The van der Waals surface area contributed by atoms with Crippen LogP contribution in [-0.4, -0.2) is 26.4 Å². The van der Waals surface area contributed by atoms with Crippen molar-refractivity contribution in [2.75, 3.05) is 6.54 Å². The van der Waals surface area contributed by atoms with E-state index in [1.165, 1.54) is 27.7 Å². The van der Waals surface area contributed by atoms with Gasteiger partial charge in [0.2, 0.25) is 0 Å². The van der Waals surface area contributed by atoms with Gasteiger partial charge in [0.05, 0.1) is 10.6 Å². The highest BCUT2D eigenvalue weighted by Gasteiger charge is 2.20. The van der Waals surface area contributed by atoms with E-state index in [0.29, 0.717) is 0 Å². The number of thiophene rings is 1. The third kappa shape index (κ3) is 2.98. The predicted octanol–water partition coefficient (Wildman–Crippen LogP) is 5.01. The Kier molecular flexibility index (Phi) is 4.11. The Balaban J connectivity index is 1.37. The number of nitrogens with zero attached hydrogens (tertiary/aromatic N) is 3. The molecular weight excluding hydrogens is 408 g/mol. The van der Waals surface area contributed by atoms with Crippen LogP contribution in [0.15, 0.2) is 52.6 Å². The van der Waals surface area contributed by atoms with Gasteiger partial charge in [-0.3, -0.25) is 4.90 Å². The van der Waals surface area contributed by atoms with Crippen LogP contribution in [0.3, 0.4) is 0 Å². The highest BCUT2D eigenvalue weighted by atomic mass is 79.9. The molecule has 4 aromatic rings. The number of halogens is 1. The minimum atomic E-state index is 0.856. The van der Waals surface area contributed by atoms with Gasteiger partial charge in [-0.1, -0.05) is 28.1 Å². The molecule has 0 bridgehead atoms. The molecule has 4 heterocycles. The third-order valence-electron chi connectivity index (χ3n) is 4.88. The fourth-order valence-electron chi connectivity index (χ4n) is 3.56.